The Balaban J connectivity index is 2.24. The first-order valence-corrected chi connectivity index (χ1v) is 7.90. The van der Waals surface area contributed by atoms with E-state index in [9.17, 15) is 13.2 Å². The molecule has 0 aliphatic carbocycles. The summed E-state index contributed by atoms with van der Waals surface area (Å²) < 4.78 is 29.8. The van der Waals surface area contributed by atoms with Crippen LogP contribution in [0.3, 0.4) is 0 Å². The Labute approximate surface area is 125 Å². The van der Waals surface area contributed by atoms with E-state index in [1.54, 1.807) is 12.1 Å². The zero-order valence-corrected chi connectivity index (χ0v) is 12.9. The zero-order valence-electron chi connectivity index (χ0n) is 10.5. The minimum atomic E-state index is -3.87. The Bertz CT molecular complexity index is 719. The van der Waals surface area contributed by atoms with Crippen LogP contribution in [0.25, 0.3) is 0 Å². The van der Waals surface area contributed by atoms with Crippen molar-refractivity contribution in [1.29, 1.82) is 0 Å². The van der Waals surface area contributed by atoms with Gasteiger partial charge in [-0.2, -0.15) is 8.42 Å². The molecule has 0 N–H and O–H groups in total. The van der Waals surface area contributed by atoms with Gasteiger partial charge in [-0.1, -0.05) is 15.9 Å². The third-order valence-corrected chi connectivity index (χ3v) is 4.36. The molecule has 0 radical (unpaired) electrons. The van der Waals surface area contributed by atoms with Crippen molar-refractivity contribution >= 4 is 31.8 Å². The lowest BCUT2D eigenvalue weighted by molar-refractivity contribution is 0.101. The van der Waals surface area contributed by atoms with Crippen molar-refractivity contribution in [2.75, 3.05) is 0 Å². The highest BCUT2D eigenvalue weighted by atomic mass is 79.9. The summed E-state index contributed by atoms with van der Waals surface area (Å²) in [5.41, 5.74) is 0.499. The Morgan fingerprint density at radius 2 is 1.55 bits per heavy atom. The predicted octanol–water partition coefficient (Wildman–Crippen LogP) is 3.42. The van der Waals surface area contributed by atoms with Crippen LogP contribution in [0.4, 0.5) is 0 Å². The minimum Gasteiger partial charge on any atom is -0.379 e. The summed E-state index contributed by atoms with van der Waals surface area (Å²) in [6.07, 6.45) is 0. The van der Waals surface area contributed by atoms with Crippen LogP contribution in [0.1, 0.15) is 17.3 Å². The highest BCUT2D eigenvalue weighted by Gasteiger charge is 2.16. The van der Waals surface area contributed by atoms with Crippen molar-refractivity contribution in [1.82, 2.24) is 0 Å². The molecule has 0 aromatic heterocycles. The first kappa shape index (κ1) is 14.7. The van der Waals surface area contributed by atoms with Gasteiger partial charge >= 0.3 is 10.1 Å². The van der Waals surface area contributed by atoms with E-state index in [1.165, 1.54) is 43.3 Å². The number of ketones is 1. The van der Waals surface area contributed by atoms with Crippen molar-refractivity contribution in [3.8, 4) is 5.75 Å². The molecule has 0 unspecified atom stereocenters. The van der Waals surface area contributed by atoms with Crippen LogP contribution in [-0.4, -0.2) is 14.2 Å². The highest BCUT2D eigenvalue weighted by molar-refractivity contribution is 9.10. The summed E-state index contributed by atoms with van der Waals surface area (Å²) >= 11 is 3.23. The Morgan fingerprint density at radius 3 is 2.05 bits per heavy atom. The SMILES string of the molecule is CC(=O)c1ccc(OS(=O)(=O)c2ccc(Br)cc2)cc1. The molecular weight excluding hydrogens is 344 g/mol. The molecule has 0 aliphatic heterocycles. The quantitative estimate of drug-likeness (QED) is 0.623. The van der Waals surface area contributed by atoms with Crippen molar-refractivity contribution in [2.24, 2.45) is 0 Å². The van der Waals surface area contributed by atoms with Crippen LogP contribution in [0.15, 0.2) is 57.9 Å². The molecule has 2 aromatic carbocycles. The molecule has 0 bridgehead atoms. The lowest BCUT2D eigenvalue weighted by Crippen LogP contribution is -2.09. The number of benzene rings is 2. The standard InChI is InChI=1S/C14H11BrO4S/c1-10(16)11-2-6-13(7-3-11)19-20(17,18)14-8-4-12(15)5-9-14/h2-9H,1H3. The van der Waals surface area contributed by atoms with Gasteiger partial charge in [0, 0.05) is 10.0 Å². The first-order chi connectivity index (χ1) is 9.38. The second-order valence-corrected chi connectivity index (χ2v) is 6.53. The van der Waals surface area contributed by atoms with Crippen LogP contribution < -0.4 is 4.18 Å². The van der Waals surface area contributed by atoms with Crippen LogP contribution in [0.5, 0.6) is 5.75 Å². The number of hydrogen-bond acceptors (Lipinski definition) is 4. The lowest BCUT2D eigenvalue weighted by Gasteiger charge is -2.07. The fourth-order valence-electron chi connectivity index (χ4n) is 1.52. The molecule has 4 nitrogen and oxygen atoms in total. The molecule has 0 atom stereocenters. The van der Waals surface area contributed by atoms with Gasteiger partial charge in [0.05, 0.1) is 0 Å². The molecule has 2 rings (SSSR count). The molecule has 20 heavy (non-hydrogen) atoms. The van der Waals surface area contributed by atoms with Gasteiger partial charge in [-0.25, -0.2) is 0 Å². The third-order valence-electron chi connectivity index (χ3n) is 2.57. The lowest BCUT2D eigenvalue weighted by atomic mass is 10.1. The number of rotatable bonds is 4. The van der Waals surface area contributed by atoms with Crippen LogP contribution in [0.2, 0.25) is 0 Å². The van der Waals surface area contributed by atoms with Crippen molar-refractivity contribution in [3.05, 3.63) is 58.6 Å². The maximum atomic E-state index is 12.0. The van der Waals surface area contributed by atoms with E-state index in [0.717, 1.165) is 4.47 Å². The molecule has 0 spiro atoms. The number of Topliss-reactive ketones (excluding diaryl/α,β-unsaturated/α-hetero) is 1. The van der Waals surface area contributed by atoms with Crippen molar-refractivity contribution in [3.63, 3.8) is 0 Å². The summed E-state index contributed by atoms with van der Waals surface area (Å²) in [4.78, 5) is 11.2. The minimum absolute atomic E-state index is 0.0661. The zero-order chi connectivity index (χ0) is 14.8. The molecule has 0 heterocycles. The first-order valence-electron chi connectivity index (χ1n) is 5.69. The number of halogens is 1. The summed E-state index contributed by atoms with van der Waals surface area (Å²) in [7, 11) is -3.87. The molecule has 0 fully saturated rings. The fourth-order valence-corrected chi connectivity index (χ4v) is 2.72. The molecule has 0 saturated heterocycles. The molecule has 0 amide bonds. The van der Waals surface area contributed by atoms with Crippen LogP contribution in [0, 0.1) is 0 Å². The van der Waals surface area contributed by atoms with E-state index in [1.807, 2.05) is 0 Å². The van der Waals surface area contributed by atoms with Crippen molar-refractivity contribution in [2.45, 2.75) is 11.8 Å². The second-order valence-electron chi connectivity index (χ2n) is 4.07. The van der Waals surface area contributed by atoms with Gasteiger partial charge < -0.3 is 4.18 Å². The van der Waals surface area contributed by atoms with Crippen LogP contribution >= 0.6 is 15.9 Å². The summed E-state index contributed by atoms with van der Waals surface area (Å²) in [6.45, 7) is 1.44. The highest BCUT2D eigenvalue weighted by Crippen LogP contribution is 2.20. The van der Waals surface area contributed by atoms with Gasteiger partial charge in [-0.15, -0.1) is 0 Å². The van der Waals surface area contributed by atoms with Gasteiger partial charge in [0.15, 0.2) is 5.78 Å². The summed E-state index contributed by atoms with van der Waals surface area (Å²) in [6, 6.07) is 12.1. The smallest absolute Gasteiger partial charge is 0.339 e. The van der Waals surface area contributed by atoms with Gasteiger partial charge in [-0.05, 0) is 55.5 Å². The molecular formula is C14H11BrO4S. The third kappa shape index (κ3) is 3.46. The average molecular weight is 355 g/mol. The van der Waals surface area contributed by atoms with E-state index in [0.29, 0.717) is 5.56 Å². The maximum absolute atomic E-state index is 12.0. The normalized spacial score (nSPS) is 11.1. The predicted molar refractivity (Wildman–Crippen MR) is 78.4 cm³/mol. The van der Waals surface area contributed by atoms with E-state index < -0.39 is 10.1 Å². The topological polar surface area (TPSA) is 60.4 Å². The van der Waals surface area contributed by atoms with Crippen molar-refractivity contribution < 1.29 is 17.4 Å². The number of carbonyl (C=O) groups is 1. The van der Waals surface area contributed by atoms with E-state index in [2.05, 4.69) is 15.9 Å². The second kappa shape index (κ2) is 5.76. The monoisotopic (exact) mass is 354 g/mol. The molecule has 104 valence electrons. The van der Waals surface area contributed by atoms with Gasteiger partial charge in [0.2, 0.25) is 0 Å². The van der Waals surface area contributed by atoms with E-state index in [-0.39, 0.29) is 16.4 Å². The summed E-state index contributed by atoms with van der Waals surface area (Å²) in [5, 5.41) is 0. The Hall–Kier alpha value is -1.66. The number of hydrogen-bond donors (Lipinski definition) is 0. The van der Waals surface area contributed by atoms with E-state index >= 15 is 0 Å². The molecule has 2 aromatic rings. The number of carbonyl (C=O) groups excluding carboxylic acids is 1. The van der Waals surface area contributed by atoms with E-state index in [4.69, 9.17) is 4.18 Å². The van der Waals surface area contributed by atoms with Gasteiger partial charge in [0.25, 0.3) is 0 Å². The largest absolute Gasteiger partial charge is 0.379 e. The average Bonchev–Trinajstić information content (AvgIpc) is 2.39. The Morgan fingerprint density at radius 1 is 1.00 bits per heavy atom. The van der Waals surface area contributed by atoms with Gasteiger partial charge in [-0.3, -0.25) is 4.79 Å². The van der Waals surface area contributed by atoms with Crippen LogP contribution in [-0.2, 0) is 10.1 Å². The molecule has 6 heteroatoms. The fraction of sp³-hybridized carbons (Fsp3) is 0.0714. The maximum Gasteiger partial charge on any atom is 0.339 e. The van der Waals surface area contributed by atoms with Gasteiger partial charge in [0.1, 0.15) is 10.6 Å². The molecule has 0 saturated carbocycles. The summed E-state index contributed by atoms with van der Waals surface area (Å²) in [5.74, 6) is 0.0743. The molecule has 0 aliphatic rings. The Kier molecular flexibility index (Phi) is 4.25.